The van der Waals surface area contributed by atoms with E-state index in [1.807, 2.05) is 24.1 Å². The molecular weight excluding hydrogens is 184 g/mol. The third kappa shape index (κ3) is 2.07. The topological polar surface area (TPSA) is 29.3 Å². The second-order valence-corrected chi connectivity index (χ2v) is 3.14. The summed E-state index contributed by atoms with van der Waals surface area (Å²) < 4.78 is 0. The third-order valence-corrected chi connectivity index (χ3v) is 2.10. The lowest BCUT2D eigenvalue weighted by Crippen LogP contribution is -2.18. The van der Waals surface area contributed by atoms with Gasteiger partial charge in [0.25, 0.3) is 0 Å². The zero-order valence-corrected chi connectivity index (χ0v) is 8.17. The van der Waals surface area contributed by atoms with E-state index >= 15 is 0 Å². The van der Waals surface area contributed by atoms with Gasteiger partial charge in [-0.25, -0.2) is 0 Å². The first-order valence-corrected chi connectivity index (χ1v) is 4.23. The molecule has 3 heteroatoms. The van der Waals surface area contributed by atoms with E-state index in [4.69, 9.17) is 23.8 Å². The maximum absolute atomic E-state index is 5.85. The van der Waals surface area contributed by atoms with Crippen LogP contribution >= 0.6 is 11.6 Å². The van der Waals surface area contributed by atoms with Crippen LogP contribution in [0.1, 0.15) is 0 Å². The van der Waals surface area contributed by atoms with Crippen molar-refractivity contribution in [2.75, 3.05) is 24.2 Å². The molecule has 0 saturated heterocycles. The number of halogens is 1. The average Bonchev–Trinajstić information content (AvgIpc) is 2.10. The molecule has 1 aromatic carbocycles. The molecule has 0 fully saturated rings. The molecule has 0 saturated carbocycles. The van der Waals surface area contributed by atoms with Gasteiger partial charge in [-0.15, -0.1) is 6.42 Å². The molecule has 0 bridgehead atoms. The van der Waals surface area contributed by atoms with Crippen LogP contribution in [-0.2, 0) is 0 Å². The highest BCUT2D eigenvalue weighted by molar-refractivity contribution is 6.33. The molecule has 0 unspecified atom stereocenters. The molecule has 0 aromatic heterocycles. The highest BCUT2D eigenvalue weighted by Gasteiger charge is 2.05. The van der Waals surface area contributed by atoms with Crippen molar-refractivity contribution in [3.8, 4) is 12.3 Å². The molecule has 0 radical (unpaired) electrons. The predicted octanol–water partition coefficient (Wildman–Crippen LogP) is 1.99. The lowest BCUT2D eigenvalue weighted by Gasteiger charge is -2.18. The number of terminal acetylenes is 1. The average molecular weight is 195 g/mol. The van der Waals surface area contributed by atoms with Gasteiger partial charge in [0.2, 0.25) is 0 Å². The van der Waals surface area contributed by atoms with Crippen LogP contribution in [0.5, 0.6) is 0 Å². The Hall–Kier alpha value is -1.33. The van der Waals surface area contributed by atoms with Crippen LogP contribution in [0.25, 0.3) is 0 Å². The maximum Gasteiger partial charge on any atom is 0.0789 e. The van der Waals surface area contributed by atoms with Gasteiger partial charge in [-0.3, -0.25) is 0 Å². The first kappa shape index (κ1) is 9.76. The Balaban J connectivity index is 3.02. The minimum absolute atomic E-state index is 0.518. The third-order valence-electron chi connectivity index (χ3n) is 1.77. The minimum Gasteiger partial charge on any atom is -0.396 e. The smallest absolute Gasteiger partial charge is 0.0789 e. The van der Waals surface area contributed by atoms with E-state index < -0.39 is 0 Å². The van der Waals surface area contributed by atoms with E-state index in [1.54, 1.807) is 6.07 Å². The number of anilines is 2. The number of hydrogen-bond acceptors (Lipinski definition) is 2. The summed E-state index contributed by atoms with van der Waals surface area (Å²) in [7, 11) is 1.88. The Morgan fingerprint density at radius 3 is 2.92 bits per heavy atom. The first-order valence-electron chi connectivity index (χ1n) is 3.85. The summed E-state index contributed by atoms with van der Waals surface area (Å²) in [6.45, 7) is 0.518. The van der Waals surface area contributed by atoms with Gasteiger partial charge in [-0.2, -0.15) is 0 Å². The monoisotopic (exact) mass is 194 g/mol. The molecule has 1 aromatic rings. The van der Waals surface area contributed by atoms with Gasteiger partial charge in [0.1, 0.15) is 0 Å². The highest BCUT2D eigenvalue weighted by atomic mass is 35.5. The van der Waals surface area contributed by atoms with Crippen LogP contribution < -0.4 is 10.6 Å². The number of nitrogens with two attached hydrogens (primary N) is 1. The van der Waals surface area contributed by atoms with Crippen LogP contribution in [0, 0.1) is 12.3 Å². The van der Waals surface area contributed by atoms with Crippen molar-refractivity contribution in [3.05, 3.63) is 23.2 Å². The number of rotatable bonds is 2. The number of hydrogen-bond donors (Lipinski definition) is 1. The van der Waals surface area contributed by atoms with E-state index in [0.717, 1.165) is 5.69 Å². The summed E-state index contributed by atoms with van der Waals surface area (Å²) >= 11 is 5.85. The van der Waals surface area contributed by atoms with Crippen LogP contribution in [0.2, 0.25) is 5.02 Å². The van der Waals surface area contributed by atoms with E-state index in [9.17, 15) is 0 Å². The van der Waals surface area contributed by atoms with Crippen molar-refractivity contribution in [1.82, 2.24) is 0 Å². The second-order valence-electron chi connectivity index (χ2n) is 2.73. The molecule has 68 valence electrons. The molecule has 13 heavy (non-hydrogen) atoms. The van der Waals surface area contributed by atoms with Crippen molar-refractivity contribution >= 4 is 23.0 Å². The summed E-state index contributed by atoms with van der Waals surface area (Å²) in [6.07, 6.45) is 5.19. The number of nitrogens with zero attached hydrogens (tertiary/aromatic N) is 1. The van der Waals surface area contributed by atoms with E-state index in [-0.39, 0.29) is 0 Å². The lowest BCUT2D eigenvalue weighted by molar-refractivity contribution is 1.05. The van der Waals surface area contributed by atoms with E-state index in [0.29, 0.717) is 17.3 Å². The lowest BCUT2D eigenvalue weighted by atomic mass is 10.2. The van der Waals surface area contributed by atoms with E-state index in [1.165, 1.54) is 0 Å². The fourth-order valence-corrected chi connectivity index (χ4v) is 1.25. The van der Waals surface area contributed by atoms with Crippen LogP contribution in [0.4, 0.5) is 11.4 Å². The van der Waals surface area contributed by atoms with Gasteiger partial charge in [-0.1, -0.05) is 23.6 Å². The molecule has 0 atom stereocenters. The minimum atomic E-state index is 0.518. The molecule has 0 spiro atoms. The van der Waals surface area contributed by atoms with Crippen molar-refractivity contribution in [1.29, 1.82) is 0 Å². The van der Waals surface area contributed by atoms with Crippen LogP contribution in [0.3, 0.4) is 0 Å². The SMILES string of the molecule is C#CCN(C)c1cccc(Cl)c1N. The molecule has 2 N–H and O–H groups in total. The molecular formula is C10H11ClN2. The van der Waals surface area contributed by atoms with Gasteiger partial charge in [0.05, 0.1) is 22.9 Å². The Morgan fingerprint density at radius 1 is 1.62 bits per heavy atom. The molecule has 0 aliphatic carbocycles. The predicted molar refractivity (Wildman–Crippen MR) is 58.0 cm³/mol. The summed E-state index contributed by atoms with van der Waals surface area (Å²) in [4.78, 5) is 1.88. The Morgan fingerprint density at radius 2 is 2.31 bits per heavy atom. The molecule has 0 amide bonds. The summed E-state index contributed by atoms with van der Waals surface area (Å²) in [5.41, 5.74) is 7.21. The second kappa shape index (κ2) is 4.06. The largest absolute Gasteiger partial charge is 0.396 e. The molecule has 0 heterocycles. The van der Waals surface area contributed by atoms with Crippen LogP contribution in [-0.4, -0.2) is 13.6 Å². The quantitative estimate of drug-likeness (QED) is 0.577. The fraction of sp³-hybridized carbons (Fsp3) is 0.200. The maximum atomic E-state index is 5.85. The Kier molecular flexibility index (Phi) is 3.05. The Labute approximate surface area is 83.3 Å². The number of benzene rings is 1. The van der Waals surface area contributed by atoms with Crippen LogP contribution in [0.15, 0.2) is 18.2 Å². The van der Waals surface area contributed by atoms with Gasteiger partial charge < -0.3 is 10.6 Å². The fourth-order valence-electron chi connectivity index (χ4n) is 1.08. The van der Waals surface area contributed by atoms with Crippen molar-refractivity contribution < 1.29 is 0 Å². The van der Waals surface area contributed by atoms with Crippen molar-refractivity contribution in [2.45, 2.75) is 0 Å². The normalized spacial score (nSPS) is 9.31. The zero-order chi connectivity index (χ0) is 9.84. The van der Waals surface area contributed by atoms with Gasteiger partial charge in [-0.05, 0) is 12.1 Å². The van der Waals surface area contributed by atoms with E-state index in [2.05, 4.69) is 5.92 Å². The van der Waals surface area contributed by atoms with Crippen molar-refractivity contribution in [3.63, 3.8) is 0 Å². The Bertz CT molecular complexity index is 341. The zero-order valence-electron chi connectivity index (χ0n) is 7.42. The van der Waals surface area contributed by atoms with Gasteiger partial charge in [0.15, 0.2) is 0 Å². The summed E-state index contributed by atoms with van der Waals surface area (Å²) in [5, 5.41) is 0.557. The highest BCUT2D eigenvalue weighted by Crippen LogP contribution is 2.28. The summed E-state index contributed by atoms with van der Waals surface area (Å²) in [5.74, 6) is 2.54. The summed E-state index contributed by atoms with van der Waals surface area (Å²) in [6, 6.07) is 5.49. The van der Waals surface area contributed by atoms with Gasteiger partial charge >= 0.3 is 0 Å². The molecule has 0 aliphatic rings. The van der Waals surface area contributed by atoms with Gasteiger partial charge in [0, 0.05) is 7.05 Å². The molecule has 2 nitrogen and oxygen atoms in total. The molecule has 0 aliphatic heterocycles. The number of para-hydroxylation sites is 1. The first-order chi connectivity index (χ1) is 6.16. The molecule has 1 rings (SSSR count). The van der Waals surface area contributed by atoms with Crippen molar-refractivity contribution in [2.24, 2.45) is 0 Å². The number of nitrogen functional groups attached to an aromatic ring is 1. The standard InChI is InChI=1S/C10H11ClN2/c1-3-7-13(2)9-6-4-5-8(11)10(9)12/h1,4-6H,7,12H2,2H3.